The average molecular weight is 301 g/mol. The Bertz CT molecular complexity index is 644. The maximum Gasteiger partial charge on any atom is 0.339 e. The minimum Gasteiger partial charge on any atom is -0.478 e. The zero-order valence-corrected chi connectivity index (χ0v) is 10.9. The Balaban J connectivity index is 2.44. The average Bonchev–Trinajstić information content (AvgIpc) is 2.36. The molecule has 0 saturated carbocycles. The first-order chi connectivity index (χ1) is 8.99. The van der Waals surface area contributed by atoms with Crippen molar-refractivity contribution in [1.82, 2.24) is 0 Å². The van der Waals surface area contributed by atoms with Crippen LogP contribution in [0.2, 0.25) is 10.0 Å². The van der Waals surface area contributed by atoms with Gasteiger partial charge in [0.25, 0.3) is 0 Å². The van der Waals surface area contributed by atoms with E-state index >= 15 is 0 Å². The normalized spacial score (nSPS) is 10.3. The van der Waals surface area contributed by atoms with Crippen molar-refractivity contribution in [2.45, 2.75) is 0 Å². The van der Waals surface area contributed by atoms with Gasteiger partial charge in [0.2, 0.25) is 0 Å². The highest BCUT2D eigenvalue weighted by Gasteiger charge is 2.15. The molecule has 0 spiro atoms. The number of aromatic carboxylic acids is 1. The molecule has 0 amide bonds. The number of ether oxygens (including phenoxy) is 1. The molecule has 0 aliphatic rings. The lowest BCUT2D eigenvalue weighted by Gasteiger charge is -2.10. The van der Waals surface area contributed by atoms with Gasteiger partial charge in [-0.05, 0) is 30.3 Å². The molecule has 0 fully saturated rings. The summed E-state index contributed by atoms with van der Waals surface area (Å²) in [7, 11) is 0. The van der Waals surface area contributed by atoms with Crippen molar-refractivity contribution in [2.24, 2.45) is 0 Å². The summed E-state index contributed by atoms with van der Waals surface area (Å²) in [5.74, 6) is -1.78. The largest absolute Gasteiger partial charge is 0.478 e. The van der Waals surface area contributed by atoms with E-state index in [1.54, 1.807) is 12.1 Å². The standard InChI is InChI=1S/C13H7Cl2FO3/c14-9-2-1-3-11(12(9)15)19-10-5-4-7(16)6-8(10)13(17)18/h1-6H,(H,17,18). The SMILES string of the molecule is O=C(O)c1cc(F)ccc1Oc1cccc(Cl)c1Cl. The summed E-state index contributed by atoms with van der Waals surface area (Å²) >= 11 is 11.7. The summed E-state index contributed by atoms with van der Waals surface area (Å²) in [5.41, 5.74) is -0.295. The van der Waals surface area contributed by atoms with Gasteiger partial charge >= 0.3 is 5.97 Å². The van der Waals surface area contributed by atoms with Crippen molar-refractivity contribution >= 4 is 29.2 Å². The molecule has 0 bridgehead atoms. The van der Waals surface area contributed by atoms with Crippen LogP contribution in [0, 0.1) is 5.82 Å². The van der Waals surface area contributed by atoms with Crippen molar-refractivity contribution in [3.8, 4) is 11.5 Å². The van der Waals surface area contributed by atoms with Crippen LogP contribution in [0.5, 0.6) is 11.5 Å². The van der Waals surface area contributed by atoms with Gasteiger partial charge in [-0.3, -0.25) is 0 Å². The molecule has 0 aliphatic heterocycles. The molecule has 2 aromatic rings. The molecule has 0 aliphatic carbocycles. The fourth-order valence-corrected chi connectivity index (χ4v) is 1.77. The first kappa shape index (κ1) is 13.6. The van der Waals surface area contributed by atoms with Crippen LogP contribution in [0.25, 0.3) is 0 Å². The lowest BCUT2D eigenvalue weighted by atomic mass is 10.2. The third-order valence-electron chi connectivity index (χ3n) is 2.31. The van der Waals surface area contributed by atoms with Crippen molar-refractivity contribution in [1.29, 1.82) is 0 Å². The van der Waals surface area contributed by atoms with Gasteiger partial charge in [0.1, 0.15) is 27.9 Å². The molecular weight excluding hydrogens is 294 g/mol. The molecule has 0 saturated heterocycles. The lowest BCUT2D eigenvalue weighted by molar-refractivity contribution is 0.0693. The van der Waals surface area contributed by atoms with Crippen molar-refractivity contribution in [2.75, 3.05) is 0 Å². The van der Waals surface area contributed by atoms with Gasteiger partial charge in [-0.2, -0.15) is 0 Å². The molecule has 0 heterocycles. The first-order valence-corrected chi connectivity index (χ1v) is 5.89. The summed E-state index contributed by atoms with van der Waals surface area (Å²) in [6.45, 7) is 0. The number of hydrogen-bond acceptors (Lipinski definition) is 2. The lowest BCUT2D eigenvalue weighted by Crippen LogP contribution is -2.01. The quantitative estimate of drug-likeness (QED) is 0.899. The zero-order chi connectivity index (χ0) is 14.0. The minimum atomic E-state index is -1.30. The fourth-order valence-electron chi connectivity index (χ4n) is 1.44. The van der Waals surface area contributed by atoms with Gasteiger partial charge in [-0.25, -0.2) is 9.18 Å². The maximum absolute atomic E-state index is 13.0. The Hall–Kier alpha value is -1.78. The van der Waals surface area contributed by atoms with Crippen LogP contribution >= 0.6 is 23.2 Å². The molecule has 6 heteroatoms. The molecule has 98 valence electrons. The van der Waals surface area contributed by atoms with E-state index in [-0.39, 0.29) is 27.1 Å². The Morgan fingerprint density at radius 3 is 2.58 bits per heavy atom. The second kappa shape index (κ2) is 5.47. The van der Waals surface area contributed by atoms with Gasteiger partial charge in [0, 0.05) is 0 Å². The molecule has 0 atom stereocenters. The Labute approximate surface area is 118 Å². The molecular formula is C13H7Cl2FO3. The number of carbonyl (C=O) groups is 1. The predicted octanol–water partition coefficient (Wildman–Crippen LogP) is 4.62. The summed E-state index contributed by atoms with van der Waals surface area (Å²) < 4.78 is 18.4. The maximum atomic E-state index is 13.0. The second-order valence-corrected chi connectivity index (χ2v) is 4.38. The number of halogens is 3. The number of carboxylic acids is 1. The predicted molar refractivity (Wildman–Crippen MR) is 69.9 cm³/mol. The van der Waals surface area contributed by atoms with E-state index in [2.05, 4.69) is 0 Å². The van der Waals surface area contributed by atoms with Crippen molar-refractivity contribution in [3.63, 3.8) is 0 Å². The summed E-state index contributed by atoms with van der Waals surface area (Å²) in [6, 6.07) is 7.89. The zero-order valence-electron chi connectivity index (χ0n) is 9.36. The van der Waals surface area contributed by atoms with Gasteiger partial charge in [0.15, 0.2) is 0 Å². The van der Waals surface area contributed by atoms with Crippen LogP contribution in [0.4, 0.5) is 4.39 Å². The van der Waals surface area contributed by atoms with Crippen LogP contribution in [-0.4, -0.2) is 11.1 Å². The highest BCUT2D eigenvalue weighted by atomic mass is 35.5. The van der Waals surface area contributed by atoms with E-state index < -0.39 is 11.8 Å². The Morgan fingerprint density at radius 1 is 1.16 bits per heavy atom. The monoisotopic (exact) mass is 300 g/mol. The number of benzene rings is 2. The number of carboxylic acid groups (broad SMARTS) is 1. The van der Waals surface area contributed by atoms with E-state index in [1.165, 1.54) is 12.1 Å². The van der Waals surface area contributed by atoms with E-state index in [9.17, 15) is 9.18 Å². The van der Waals surface area contributed by atoms with E-state index in [4.69, 9.17) is 33.0 Å². The molecule has 2 rings (SSSR count). The van der Waals surface area contributed by atoms with Crippen LogP contribution in [0.3, 0.4) is 0 Å². The molecule has 2 aromatic carbocycles. The molecule has 19 heavy (non-hydrogen) atoms. The molecule has 3 nitrogen and oxygen atoms in total. The molecule has 0 aromatic heterocycles. The third kappa shape index (κ3) is 2.97. The second-order valence-electron chi connectivity index (χ2n) is 3.60. The summed E-state index contributed by atoms with van der Waals surface area (Å²) in [4.78, 5) is 11.0. The molecule has 0 unspecified atom stereocenters. The van der Waals surface area contributed by atoms with Crippen molar-refractivity contribution in [3.05, 3.63) is 57.8 Å². The highest BCUT2D eigenvalue weighted by Crippen LogP contribution is 2.35. The number of rotatable bonds is 3. The number of hydrogen-bond donors (Lipinski definition) is 1. The van der Waals surface area contributed by atoms with Gasteiger partial charge in [-0.1, -0.05) is 29.3 Å². The van der Waals surface area contributed by atoms with E-state index in [0.717, 1.165) is 12.1 Å². The van der Waals surface area contributed by atoms with Crippen LogP contribution in [0.15, 0.2) is 36.4 Å². The van der Waals surface area contributed by atoms with E-state index in [0.29, 0.717) is 0 Å². The highest BCUT2D eigenvalue weighted by molar-refractivity contribution is 6.42. The van der Waals surface area contributed by atoms with Crippen LogP contribution in [-0.2, 0) is 0 Å². The van der Waals surface area contributed by atoms with E-state index in [1.807, 2.05) is 0 Å². The first-order valence-electron chi connectivity index (χ1n) is 5.13. The van der Waals surface area contributed by atoms with Crippen LogP contribution < -0.4 is 4.74 Å². The minimum absolute atomic E-state index is 0.0157. The van der Waals surface area contributed by atoms with Crippen molar-refractivity contribution < 1.29 is 19.0 Å². The smallest absolute Gasteiger partial charge is 0.339 e. The molecule has 0 radical (unpaired) electrons. The topological polar surface area (TPSA) is 46.5 Å². The van der Waals surface area contributed by atoms with Gasteiger partial charge < -0.3 is 9.84 Å². The Morgan fingerprint density at radius 2 is 1.89 bits per heavy atom. The van der Waals surface area contributed by atoms with Gasteiger partial charge in [-0.15, -0.1) is 0 Å². The Kier molecular flexibility index (Phi) is 3.93. The summed E-state index contributed by atoms with van der Waals surface area (Å²) in [6.07, 6.45) is 0. The fraction of sp³-hybridized carbons (Fsp3) is 0. The van der Waals surface area contributed by atoms with Gasteiger partial charge in [0.05, 0.1) is 5.02 Å². The summed E-state index contributed by atoms with van der Waals surface area (Å²) in [5, 5.41) is 9.42. The van der Waals surface area contributed by atoms with Crippen LogP contribution in [0.1, 0.15) is 10.4 Å². The third-order valence-corrected chi connectivity index (χ3v) is 3.11. The molecule has 1 N–H and O–H groups in total.